The van der Waals surface area contributed by atoms with E-state index in [0.717, 1.165) is 26.2 Å². The standard InChI is InChI=1S/C13H23N3/c14-11-13(12-5-2-1-3-6-12)16-9-4-7-15-8-10-16/h12-13,15H,1-10H2. The molecule has 2 aliphatic rings. The van der Waals surface area contributed by atoms with E-state index in [4.69, 9.17) is 0 Å². The maximum atomic E-state index is 9.41. The van der Waals surface area contributed by atoms with Crippen molar-refractivity contribution in [2.75, 3.05) is 26.2 Å². The second-order valence-corrected chi connectivity index (χ2v) is 5.11. The molecule has 0 radical (unpaired) electrons. The molecule has 0 amide bonds. The minimum absolute atomic E-state index is 0.181. The molecule has 1 atom stereocenters. The third-order valence-corrected chi connectivity index (χ3v) is 4.00. The van der Waals surface area contributed by atoms with Crippen LogP contribution in [0.3, 0.4) is 0 Å². The lowest BCUT2D eigenvalue weighted by Gasteiger charge is -2.33. The first-order chi connectivity index (χ1) is 7.92. The zero-order chi connectivity index (χ0) is 11.2. The predicted octanol–water partition coefficient (Wildman–Crippen LogP) is 1.75. The van der Waals surface area contributed by atoms with Gasteiger partial charge in [0, 0.05) is 19.6 Å². The Balaban J connectivity index is 1.94. The van der Waals surface area contributed by atoms with Gasteiger partial charge in [-0.15, -0.1) is 0 Å². The van der Waals surface area contributed by atoms with Crippen LogP contribution in [0.4, 0.5) is 0 Å². The summed E-state index contributed by atoms with van der Waals surface area (Å²) in [6, 6.07) is 2.75. The third-order valence-electron chi connectivity index (χ3n) is 4.00. The molecule has 0 aromatic carbocycles. The van der Waals surface area contributed by atoms with Gasteiger partial charge < -0.3 is 5.32 Å². The summed E-state index contributed by atoms with van der Waals surface area (Å²) in [5.41, 5.74) is 0. The Morgan fingerprint density at radius 3 is 2.62 bits per heavy atom. The van der Waals surface area contributed by atoms with Gasteiger partial charge in [0.2, 0.25) is 0 Å². The summed E-state index contributed by atoms with van der Waals surface area (Å²) in [7, 11) is 0. The van der Waals surface area contributed by atoms with E-state index in [1.807, 2.05) is 0 Å². The number of rotatable bonds is 2. The SMILES string of the molecule is N#CC(C1CCCCC1)N1CCCNCC1. The molecule has 1 saturated carbocycles. The molecule has 0 spiro atoms. The highest BCUT2D eigenvalue weighted by molar-refractivity contribution is 4.98. The molecule has 0 aromatic heterocycles. The Labute approximate surface area is 98.8 Å². The van der Waals surface area contributed by atoms with E-state index in [9.17, 15) is 5.26 Å². The maximum absolute atomic E-state index is 9.41. The summed E-state index contributed by atoms with van der Waals surface area (Å²) in [5.74, 6) is 0.636. The molecule has 0 bridgehead atoms. The van der Waals surface area contributed by atoms with Gasteiger partial charge >= 0.3 is 0 Å². The number of nitrogens with one attached hydrogen (secondary N) is 1. The average Bonchev–Trinajstić information content (AvgIpc) is 2.61. The van der Waals surface area contributed by atoms with E-state index in [1.54, 1.807) is 0 Å². The Morgan fingerprint density at radius 1 is 1.06 bits per heavy atom. The zero-order valence-electron chi connectivity index (χ0n) is 10.1. The molecule has 1 aliphatic carbocycles. The summed E-state index contributed by atoms with van der Waals surface area (Å²) < 4.78 is 0. The van der Waals surface area contributed by atoms with E-state index in [2.05, 4.69) is 16.3 Å². The van der Waals surface area contributed by atoms with E-state index >= 15 is 0 Å². The summed E-state index contributed by atoms with van der Waals surface area (Å²) in [6.07, 6.45) is 7.75. The first-order valence-electron chi connectivity index (χ1n) is 6.76. The van der Waals surface area contributed by atoms with Gasteiger partial charge in [0.1, 0.15) is 6.04 Å². The number of nitrogens with zero attached hydrogens (tertiary/aromatic N) is 2. The number of nitriles is 1. The van der Waals surface area contributed by atoms with Crippen molar-refractivity contribution in [3.8, 4) is 6.07 Å². The molecule has 0 aromatic rings. The molecule has 2 fully saturated rings. The van der Waals surface area contributed by atoms with E-state index in [1.165, 1.54) is 38.5 Å². The predicted molar refractivity (Wildman–Crippen MR) is 65.0 cm³/mol. The van der Waals surface area contributed by atoms with Gasteiger partial charge in [-0.25, -0.2) is 0 Å². The maximum Gasteiger partial charge on any atom is 0.101 e. The van der Waals surface area contributed by atoms with Gasteiger partial charge in [0.15, 0.2) is 0 Å². The quantitative estimate of drug-likeness (QED) is 0.772. The summed E-state index contributed by atoms with van der Waals surface area (Å²) in [6.45, 7) is 4.31. The average molecular weight is 221 g/mol. The fourth-order valence-electron chi connectivity index (χ4n) is 3.08. The minimum atomic E-state index is 0.181. The Kier molecular flexibility index (Phi) is 4.62. The highest BCUT2D eigenvalue weighted by atomic mass is 15.2. The summed E-state index contributed by atoms with van der Waals surface area (Å²) >= 11 is 0. The van der Waals surface area contributed by atoms with Crippen LogP contribution in [0.25, 0.3) is 0 Å². The molecule has 1 N–H and O–H groups in total. The molecular formula is C13H23N3. The van der Waals surface area contributed by atoms with E-state index < -0.39 is 0 Å². The van der Waals surface area contributed by atoms with Crippen LogP contribution in [-0.4, -0.2) is 37.1 Å². The van der Waals surface area contributed by atoms with Crippen LogP contribution in [0, 0.1) is 17.2 Å². The number of hydrogen-bond donors (Lipinski definition) is 1. The van der Waals surface area contributed by atoms with Crippen molar-refractivity contribution >= 4 is 0 Å². The topological polar surface area (TPSA) is 39.1 Å². The number of hydrogen-bond acceptors (Lipinski definition) is 3. The van der Waals surface area contributed by atoms with E-state index in [-0.39, 0.29) is 6.04 Å². The van der Waals surface area contributed by atoms with Gasteiger partial charge in [-0.1, -0.05) is 19.3 Å². The first kappa shape index (κ1) is 11.9. The third kappa shape index (κ3) is 2.96. The molecule has 2 rings (SSSR count). The van der Waals surface area contributed by atoms with Crippen LogP contribution in [-0.2, 0) is 0 Å². The Bertz CT molecular complexity index is 232. The van der Waals surface area contributed by atoms with Crippen molar-refractivity contribution in [1.29, 1.82) is 5.26 Å². The molecule has 1 saturated heterocycles. The van der Waals surface area contributed by atoms with Crippen LogP contribution in [0.2, 0.25) is 0 Å². The Hall–Kier alpha value is -0.590. The van der Waals surface area contributed by atoms with Crippen LogP contribution in [0.5, 0.6) is 0 Å². The molecule has 16 heavy (non-hydrogen) atoms. The van der Waals surface area contributed by atoms with Gasteiger partial charge in [-0.3, -0.25) is 4.90 Å². The van der Waals surface area contributed by atoms with Crippen molar-refractivity contribution < 1.29 is 0 Å². The molecule has 1 heterocycles. The van der Waals surface area contributed by atoms with Crippen molar-refractivity contribution in [2.45, 2.75) is 44.6 Å². The Morgan fingerprint density at radius 2 is 1.88 bits per heavy atom. The molecule has 90 valence electrons. The normalized spacial score (nSPS) is 26.9. The van der Waals surface area contributed by atoms with Gasteiger partial charge in [0.05, 0.1) is 6.07 Å². The molecular weight excluding hydrogens is 198 g/mol. The van der Waals surface area contributed by atoms with Crippen LogP contribution < -0.4 is 5.32 Å². The fourth-order valence-corrected chi connectivity index (χ4v) is 3.08. The second kappa shape index (κ2) is 6.22. The second-order valence-electron chi connectivity index (χ2n) is 5.11. The molecule has 1 unspecified atom stereocenters. The lowest BCUT2D eigenvalue weighted by Crippen LogP contribution is -2.42. The van der Waals surface area contributed by atoms with Gasteiger partial charge in [-0.2, -0.15) is 5.26 Å². The van der Waals surface area contributed by atoms with E-state index in [0.29, 0.717) is 5.92 Å². The van der Waals surface area contributed by atoms with Gasteiger partial charge in [0.25, 0.3) is 0 Å². The van der Waals surface area contributed by atoms with Crippen molar-refractivity contribution in [3.05, 3.63) is 0 Å². The van der Waals surface area contributed by atoms with Crippen molar-refractivity contribution in [2.24, 2.45) is 5.92 Å². The van der Waals surface area contributed by atoms with Crippen LogP contribution in [0.1, 0.15) is 38.5 Å². The minimum Gasteiger partial charge on any atom is -0.315 e. The van der Waals surface area contributed by atoms with Crippen LogP contribution in [0.15, 0.2) is 0 Å². The molecule has 1 aliphatic heterocycles. The zero-order valence-corrected chi connectivity index (χ0v) is 10.1. The molecule has 3 heteroatoms. The first-order valence-corrected chi connectivity index (χ1v) is 6.76. The van der Waals surface area contributed by atoms with Crippen molar-refractivity contribution in [1.82, 2.24) is 10.2 Å². The highest BCUT2D eigenvalue weighted by Gasteiger charge is 2.28. The monoisotopic (exact) mass is 221 g/mol. The highest BCUT2D eigenvalue weighted by Crippen LogP contribution is 2.29. The lowest BCUT2D eigenvalue weighted by molar-refractivity contribution is 0.162. The molecule has 3 nitrogen and oxygen atoms in total. The summed E-state index contributed by atoms with van der Waals surface area (Å²) in [5, 5.41) is 12.8. The smallest absolute Gasteiger partial charge is 0.101 e. The lowest BCUT2D eigenvalue weighted by atomic mass is 9.83. The van der Waals surface area contributed by atoms with Crippen molar-refractivity contribution in [3.63, 3.8) is 0 Å². The van der Waals surface area contributed by atoms with Crippen LogP contribution >= 0.6 is 0 Å². The largest absolute Gasteiger partial charge is 0.315 e. The van der Waals surface area contributed by atoms with Gasteiger partial charge in [-0.05, 0) is 31.7 Å². The fraction of sp³-hybridized carbons (Fsp3) is 0.923. The summed E-state index contributed by atoms with van der Waals surface area (Å²) in [4.78, 5) is 2.41.